The van der Waals surface area contributed by atoms with Crippen molar-refractivity contribution in [3.05, 3.63) is 59.4 Å². The Balaban J connectivity index is 1.80. The molecule has 1 fully saturated rings. The molecule has 0 saturated carbocycles. The van der Waals surface area contributed by atoms with E-state index in [1.54, 1.807) is 30.0 Å². The molecule has 27 heavy (non-hydrogen) atoms. The molecular weight excluding hydrogens is 371 g/mol. The first kappa shape index (κ1) is 19.3. The molecule has 1 unspecified atom stereocenters. The Morgan fingerprint density at radius 2 is 2.04 bits per heavy atom. The molecule has 0 aromatic heterocycles. The normalized spacial score (nSPS) is 17.6. The van der Waals surface area contributed by atoms with Gasteiger partial charge in [0.1, 0.15) is 5.82 Å². The highest BCUT2D eigenvalue weighted by molar-refractivity contribution is 7.92. The summed E-state index contributed by atoms with van der Waals surface area (Å²) in [6.07, 6.45) is -0.0409. The van der Waals surface area contributed by atoms with Gasteiger partial charge >= 0.3 is 0 Å². The Hall–Kier alpha value is -2.45. The topological polar surface area (TPSA) is 75.7 Å². The van der Waals surface area contributed by atoms with Gasteiger partial charge in [0.15, 0.2) is 0 Å². The van der Waals surface area contributed by atoms with Crippen LogP contribution < -0.4 is 4.72 Å². The van der Waals surface area contributed by atoms with Crippen molar-refractivity contribution in [2.24, 2.45) is 0 Å². The first-order valence-corrected chi connectivity index (χ1v) is 10.0. The minimum Gasteiger partial charge on any atom is -0.375 e. The smallest absolute Gasteiger partial charge is 0.261 e. The van der Waals surface area contributed by atoms with Crippen molar-refractivity contribution in [2.45, 2.75) is 24.8 Å². The number of benzene rings is 2. The van der Waals surface area contributed by atoms with Gasteiger partial charge in [0, 0.05) is 24.3 Å². The Labute approximate surface area is 158 Å². The lowest BCUT2D eigenvalue weighted by atomic mass is 10.1. The predicted molar refractivity (Wildman–Crippen MR) is 99.7 cm³/mol. The molecule has 1 saturated heterocycles. The second-order valence-corrected chi connectivity index (χ2v) is 8.21. The number of carbonyl (C=O) groups is 1. The van der Waals surface area contributed by atoms with E-state index in [1.165, 1.54) is 18.2 Å². The number of rotatable bonds is 4. The molecule has 1 aliphatic rings. The van der Waals surface area contributed by atoms with E-state index in [0.717, 1.165) is 6.07 Å². The van der Waals surface area contributed by atoms with Crippen LogP contribution in [-0.2, 0) is 14.8 Å². The lowest BCUT2D eigenvalue weighted by Gasteiger charge is -2.31. The van der Waals surface area contributed by atoms with Crippen LogP contribution in [-0.4, -0.2) is 45.0 Å². The number of nitrogens with one attached hydrogen (secondary N) is 1. The number of nitrogens with zero attached hydrogens (tertiary/aromatic N) is 1. The van der Waals surface area contributed by atoms with Crippen LogP contribution in [0.4, 0.5) is 10.1 Å². The van der Waals surface area contributed by atoms with Crippen molar-refractivity contribution < 1.29 is 22.3 Å². The number of anilines is 1. The molecule has 0 spiro atoms. The molecule has 0 radical (unpaired) electrons. The van der Waals surface area contributed by atoms with Crippen LogP contribution in [0.25, 0.3) is 0 Å². The van der Waals surface area contributed by atoms with Gasteiger partial charge in [0.2, 0.25) is 0 Å². The molecule has 1 atom stereocenters. The highest BCUT2D eigenvalue weighted by Gasteiger charge is 2.23. The van der Waals surface area contributed by atoms with E-state index in [4.69, 9.17) is 4.74 Å². The third kappa shape index (κ3) is 4.45. The molecule has 2 aromatic rings. The molecule has 1 amide bonds. The maximum atomic E-state index is 13.7. The number of halogens is 1. The molecule has 144 valence electrons. The van der Waals surface area contributed by atoms with Crippen molar-refractivity contribution in [1.82, 2.24) is 4.90 Å². The van der Waals surface area contributed by atoms with Crippen molar-refractivity contribution in [3.63, 3.8) is 0 Å². The standard InChI is InChI=1S/C19H21FN2O4S/c1-13-6-7-17(11-18(13)20)27(24,25)21-16-5-3-4-15(10-16)19(23)22-8-9-26-14(2)12-22/h3-7,10-11,14,21H,8-9,12H2,1-2H3. The molecule has 3 rings (SSSR count). The van der Waals surface area contributed by atoms with E-state index in [9.17, 15) is 17.6 Å². The van der Waals surface area contributed by atoms with Crippen LogP contribution in [0.15, 0.2) is 47.4 Å². The summed E-state index contributed by atoms with van der Waals surface area (Å²) in [6, 6.07) is 9.97. The number of amides is 1. The summed E-state index contributed by atoms with van der Waals surface area (Å²) in [6.45, 7) is 4.89. The summed E-state index contributed by atoms with van der Waals surface area (Å²) in [5.41, 5.74) is 0.976. The van der Waals surface area contributed by atoms with E-state index in [1.807, 2.05) is 6.92 Å². The van der Waals surface area contributed by atoms with Gasteiger partial charge in [-0.15, -0.1) is 0 Å². The van der Waals surface area contributed by atoms with Crippen molar-refractivity contribution in [3.8, 4) is 0 Å². The van der Waals surface area contributed by atoms with E-state index < -0.39 is 15.8 Å². The van der Waals surface area contributed by atoms with Crippen molar-refractivity contribution in [1.29, 1.82) is 0 Å². The summed E-state index contributed by atoms with van der Waals surface area (Å²) in [4.78, 5) is 14.2. The van der Waals surface area contributed by atoms with Crippen molar-refractivity contribution in [2.75, 3.05) is 24.4 Å². The fourth-order valence-electron chi connectivity index (χ4n) is 2.86. The minimum atomic E-state index is -3.96. The number of carbonyl (C=O) groups excluding carboxylic acids is 1. The number of hydrogen-bond donors (Lipinski definition) is 1. The summed E-state index contributed by atoms with van der Waals surface area (Å²) < 4.78 is 46.5. The summed E-state index contributed by atoms with van der Waals surface area (Å²) in [5.74, 6) is -0.782. The molecule has 0 bridgehead atoms. The fourth-order valence-corrected chi connectivity index (χ4v) is 3.92. The molecule has 1 N–H and O–H groups in total. The van der Waals surface area contributed by atoms with Gasteiger partial charge in [0.05, 0.1) is 17.6 Å². The average molecular weight is 392 g/mol. The quantitative estimate of drug-likeness (QED) is 0.868. The Bertz CT molecular complexity index is 962. The van der Waals surface area contributed by atoms with Gasteiger partial charge in [-0.25, -0.2) is 12.8 Å². The largest absolute Gasteiger partial charge is 0.375 e. The zero-order valence-electron chi connectivity index (χ0n) is 15.1. The molecule has 0 aliphatic carbocycles. The van der Waals surface area contributed by atoms with E-state index in [2.05, 4.69) is 4.72 Å². The molecule has 1 aliphatic heterocycles. The van der Waals surface area contributed by atoms with Gasteiger partial charge in [0.25, 0.3) is 15.9 Å². The second kappa shape index (κ2) is 7.66. The van der Waals surface area contributed by atoms with Gasteiger partial charge in [-0.2, -0.15) is 0 Å². The first-order valence-electron chi connectivity index (χ1n) is 8.56. The van der Waals surface area contributed by atoms with Crippen LogP contribution in [0.1, 0.15) is 22.8 Å². The van der Waals surface area contributed by atoms with Gasteiger partial charge in [-0.05, 0) is 49.7 Å². The third-order valence-electron chi connectivity index (χ3n) is 4.34. The van der Waals surface area contributed by atoms with E-state index >= 15 is 0 Å². The van der Waals surface area contributed by atoms with Crippen LogP contribution >= 0.6 is 0 Å². The number of morpholine rings is 1. The van der Waals surface area contributed by atoms with Gasteiger partial charge in [-0.1, -0.05) is 12.1 Å². The van der Waals surface area contributed by atoms with Crippen LogP contribution in [0.2, 0.25) is 0 Å². The molecule has 6 nitrogen and oxygen atoms in total. The predicted octanol–water partition coefficient (Wildman–Crippen LogP) is 2.80. The maximum Gasteiger partial charge on any atom is 0.261 e. The highest BCUT2D eigenvalue weighted by atomic mass is 32.2. The first-order chi connectivity index (χ1) is 12.8. The summed E-state index contributed by atoms with van der Waals surface area (Å²) in [5, 5.41) is 0. The zero-order chi connectivity index (χ0) is 19.6. The monoisotopic (exact) mass is 392 g/mol. The summed E-state index contributed by atoms with van der Waals surface area (Å²) in [7, 11) is -3.96. The van der Waals surface area contributed by atoms with E-state index in [-0.39, 0.29) is 22.6 Å². The molecule has 1 heterocycles. The fraction of sp³-hybridized carbons (Fsp3) is 0.316. The Morgan fingerprint density at radius 3 is 2.74 bits per heavy atom. The zero-order valence-corrected chi connectivity index (χ0v) is 15.9. The van der Waals surface area contributed by atoms with Crippen molar-refractivity contribution >= 4 is 21.6 Å². The van der Waals surface area contributed by atoms with Crippen LogP contribution in [0, 0.1) is 12.7 Å². The highest BCUT2D eigenvalue weighted by Crippen LogP contribution is 2.20. The Kier molecular flexibility index (Phi) is 5.48. The number of aryl methyl sites for hydroxylation is 1. The number of ether oxygens (including phenoxy) is 1. The minimum absolute atomic E-state index is 0.0409. The maximum absolute atomic E-state index is 13.7. The molecule has 8 heteroatoms. The van der Waals surface area contributed by atoms with Gasteiger partial charge in [-0.3, -0.25) is 9.52 Å². The molecule has 2 aromatic carbocycles. The summed E-state index contributed by atoms with van der Waals surface area (Å²) >= 11 is 0. The average Bonchev–Trinajstić information content (AvgIpc) is 2.63. The SMILES string of the molecule is Cc1ccc(S(=O)(=O)Nc2cccc(C(=O)N3CCOC(C)C3)c2)cc1F. The second-order valence-electron chi connectivity index (χ2n) is 6.53. The van der Waals surface area contributed by atoms with Crippen LogP contribution in [0.3, 0.4) is 0 Å². The number of sulfonamides is 1. The van der Waals surface area contributed by atoms with Crippen LogP contribution in [0.5, 0.6) is 0 Å². The molecular formula is C19H21FN2O4S. The van der Waals surface area contributed by atoms with E-state index in [0.29, 0.717) is 30.8 Å². The number of hydrogen-bond acceptors (Lipinski definition) is 4. The lowest BCUT2D eigenvalue weighted by Crippen LogP contribution is -2.44. The lowest BCUT2D eigenvalue weighted by molar-refractivity contribution is -0.0124. The van der Waals surface area contributed by atoms with Gasteiger partial charge < -0.3 is 9.64 Å². The third-order valence-corrected chi connectivity index (χ3v) is 5.72. The Morgan fingerprint density at radius 1 is 1.26 bits per heavy atom.